The minimum absolute atomic E-state index is 0.0162. The number of nitrogens with one attached hydrogen (secondary N) is 1. The van der Waals surface area contributed by atoms with E-state index in [-0.39, 0.29) is 17.8 Å². The zero-order valence-corrected chi connectivity index (χ0v) is 11.7. The number of hydrogen-bond acceptors (Lipinski definition) is 2. The van der Waals surface area contributed by atoms with Crippen molar-refractivity contribution in [2.24, 2.45) is 5.92 Å². The Morgan fingerprint density at radius 2 is 1.89 bits per heavy atom. The summed E-state index contributed by atoms with van der Waals surface area (Å²) >= 11 is 1.62. The highest BCUT2D eigenvalue weighted by molar-refractivity contribution is 7.10. The van der Waals surface area contributed by atoms with Crippen molar-refractivity contribution in [2.45, 2.75) is 19.9 Å². The molecule has 1 atom stereocenters. The van der Waals surface area contributed by atoms with Gasteiger partial charge in [0.2, 0.25) is 0 Å². The molecule has 4 heteroatoms. The molecule has 0 saturated heterocycles. The van der Waals surface area contributed by atoms with E-state index in [9.17, 15) is 9.18 Å². The van der Waals surface area contributed by atoms with E-state index in [2.05, 4.69) is 19.2 Å². The summed E-state index contributed by atoms with van der Waals surface area (Å²) in [5.74, 6) is -0.217. The lowest BCUT2D eigenvalue weighted by molar-refractivity contribution is 0.0926. The number of rotatable bonds is 4. The first-order valence-electron chi connectivity index (χ1n) is 6.18. The predicted molar refractivity (Wildman–Crippen MR) is 75.8 cm³/mol. The standard InChI is InChI=1S/C15H16FNOS/c1-10(2)14(13-4-3-9-19-13)17-15(18)11-5-7-12(16)8-6-11/h3-10,14H,1-2H3,(H,17,18)/t14-/m1/s1. The number of carbonyl (C=O) groups is 1. The van der Waals surface area contributed by atoms with Crippen LogP contribution in [0.15, 0.2) is 41.8 Å². The predicted octanol–water partition coefficient (Wildman–Crippen LogP) is 4.01. The molecule has 0 unspecified atom stereocenters. The van der Waals surface area contributed by atoms with Gasteiger partial charge in [0, 0.05) is 10.4 Å². The van der Waals surface area contributed by atoms with Crippen molar-refractivity contribution in [3.8, 4) is 0 Å². The van der Waals surface area contributed by atoms with Gasteiger partial charge in [-0.3, -0.25) is 4.79 Å². The number of thiophene rings is 1. The Kier molecular flexibility index (Phi) is 4.32. The van der Waals surface area contributed by atoms with Crippen LogP contribution in [0.1, 0.15) is 35.1 Å². The number of carbonyl (C=O) groups excluding carboxylic acids is 1. The van der Waals surface area contributed by atoms with Gasteiger partial charge in [-0.15, -0.1) is 11.3 Å². The number of hydrogen-bond donors (Lipinski definition) is 1. The maximum absolute atomic E-state index is 12.8. The van der Waals surface area contributed by atoms with E-state index in [1.165, 1.54) is 24.3 Å². The fourth-order valence-corrected chi connectivity index (χ4v) is 2.81. The average molecular weight is 277 g/mol. The van der Waals surface area contributed by atoms with Crippen LogP contribution >= 0.6 is 11.3 Å². The third kappa shape index (κ3) is 3.41. The molecule has 0 fully saturated rings. The van der Waals surface area contributed by atoms with Crippen LogP contribution in [0.4, 0.5) is 4.39 Å². The van der Waals surface area contributed by atoms with Crippen LogP contribution in [0.5, 0.6) is 0 Å². The van der Waals surface area contributed by atoms with E-state index >= 15 is 0 Å². The Labute approximate surface area is 116 Å². The second-order valence-corrected chi connectivity index (χ2v) is 5.70. The highest BCUT2D eigenvalue weighted by atomic mass is 32.1. The summed E-state index contributed by atoms with van der Waals surface area (Å²) in [5.41, 5.74) is 0.476. The Morgan fingerprint density at radius 1 is 1.21 bits per heavy atom. The third-order valence-electron chi connectivity index (χ3n) is 2.91. The van der Waals surface area contributed by atoms with Crippen LogP contribution in [0.25, 0.3) is 0 Å². The zero-order valence-electron chi connectivity index (χ0n) is 10.9. The van der Waals surface area contributed by atoms with Gasteiger partial charge in [0.1, 0.15) is 5.82 Å². The summed E-state index contributed by atoms with van der Waals surface area (Å²) < 4.78 is 12.8. The van der Waals surface area contributed by atoms with Crippen molar-refractivity contribution in [3.05, 3.63) is 58.0 Å². The van der Waals surface area contributed by atoms with Crippen molar-refractivity contribution in [3.63, 3.8) is 0 Å². The van der Waals surface area contributed by atoms with E-state index in [4.69, 9.17) is 0 Å². The Balaban J connectivity index is 2.14. The minimum Gasteiger partial charge on any atom is -0.344 e. The molecule has 2 rings (SSSR count). The van der Waals surface area contributed by atoms with Gasteiger partial charge < -0.3 is 5.32 Å². The van der Waals surface area contributed by atoms with Crippen LogP contribution in [0.2, 0.25) is 0 Å². The van der Waals surface area contributed by atoms with E-state index < -0.39 is 0 Å². The maximum atomic E-state index is 12.8. The van der Waals surface area contributed by atoms with Crippen LogP contribution in [-0.2, 0) is 0 Å². The molecule has 1 N–H and O–H groups in total. The highest BCUT2D eigenvalue weighted by Crippen LogP contribution is 2.26. The molecule has 19 heavy (non-hydrogen) atoms. The molecule has 0 aliphatic rings. The zero-order chi connectivity index (χ0) is 13.8. The van der Waals surface area contributed by atoms with Crippen molar-refractivity contribution in [1.82, 2.24) is 5.32 Å². The van der Waals surface area contributed by atoms with Gasteiger partial charge in [-0.25, -0.2) is 4.39 Å². The molecule has 1 amide bonds. The molecule has 0 radical (unpaired) electrons. The minimum atomic E-state index is -0.338. The first kappa shape index (κ1) is 13.7. The first-order chi connectivity index (χ1) is 9.08. The summed E-state index contributed by atoms with van der Waals surface area (Å²) in [6.45, 7) is 4.13. The molecule has 1 heterocycles. The van der Waals surface area contributed by atoms with Crippen LogP contribution in [0, 0.1) is 11.7 Å². The largest absolute Gasteiger partial charge is 0.344 e. The van der Waals surface area contributed by atoms with Gasteiger partial charge in [0.25, 0.3) is 5.91 Å². The van der Waals surface area contributed by atoms with Crippen molar-refractivity contribution in [2.75, 3.05) is 0 Å². The molecule has 1 aromatic heterocycles. The van der Waals surface area contributed by atoms with E-state index in [1.807, 2.05) is 17.5 Å². The fourth-order valence-electron chi connectivity index (χ4n) is 1.86. The quantitative estimate of drug-likeness (QED) is 0.898. The number of amides is 1. The summed E-state index contributed by atoms with van der Waals surface area (Å²) in [6, 6.07) is 9.55. The van der Waals surface area contributed by atoms with Crippen LogP contribution < -0.4 is 5.32 Å². The molecule has 100 valence electrons. The second-order valence-electron chi connectivity index (χ2n) is 4.72. The molecule has 1 aromatic carbocycles. The van der Waals surface area contributed by atoms with Crippen LogP contribution in [0.3, 0.4) is 0 Å². The fraction of sp³-hybridized carbons (Fsp3) is 0.267. The molecule has 0 aliphatic heterocycles. The second kappa shape index (κ2) is 5.97. The van der Waals surface area contributed by atoms with Gasteiger partial charge in [-0.1, -0.05) is 19.9 Å². The molecule has 0 aliphatic carbocycles. The van der Waals surface area contributed by atoms with E-state index in [1.54, 1.807) is 11.3 Å². The topological polar surface area (TPSA) is 29.1 Å². The van der Waals surface area contributed by atoms with Gasteiger partial charge >= 0.3 is 0 Å². The molecular formula is C15H16FNOS. The molecule has 0 spiro atoms. The molecule has 2 nitrogen and oxygen atoms in total. The molecule has 0 bridgehead atoms. The van der Waals surface area contributed by atoms with Gasteiger partial charge in [0.15, 0.2) is 0 Å². The molecular weight excluding hydrogens is 261 g/mol. The van der Waals surface area contributed by atoms with Gasteiger partial charge in [0.05, 0.1) is 6.04 Å². The average Bonchev–Trinajstić information content (AvgIpc) is 2.89. The number of benzene rings is 1. The van der Waals surface area contributed by atoms with E-state index in [0.29, 0.717) is 11.5 Å². The Hall–Kier alpha value is -1.68. The normalized spacial score (nSPS) is 12.4. The smallest absolute Gasteiger partial charge is 0.251 e. The Morgan fingerprint density at radius 3 is 2.42 bits per heavy atom. The lowest BCUT2D eigenvalue weighted by Gasteiger charge is -2.21. The van der Waals surface area contributed by atoms with E-state index in [0.717, 1.165) is 4.88 Å². The Bertz CT molecular complexity index is 534. The lowest BCUT2D eigenvalue weighted by Crippen LogP contribution is -2.31. The summed E-state index contributed by atoms with van der Waals surface area (Å²) in [4.78, 5) is 13.3. The van der Waals surface area contributed by atoms with Crippen molar-refractivity contribution >= 4 is 17.2 Å². The monoisotopic (exact) mass is 277 g/mol. The maximum Gasteiger partial charge on any atom is 0.251 e. The van der Waals surface area contributed by atoms with Crippen molar-refractivity contribution < 1.29 is 9.18 Å². The van der Waals surface area contributed by atoms with Crippen LogP contribution in [-0.4, -0.2) is 5.91 Å². The lowest BCUT2D eigenvalue weighted by atomic mass is 10.0. The summed E-state index contributed by atoms with van der Waals surface area (Å²) in [5, 5.41) is 5.00. The molecule has 0 saturated carbocycles. The summed E-state index contributed by atoms with van der Waals surface area (Å²) in [7, 11) is 0. The highest BCUT2D eigenvalue weighted by Gasteiger charge is 2.19. The van der Waals surface area contributed by atoms with Gasteiger partial charge in [-0.2, -0.15) is 0 Å². The van der Waals surface area contributed by atoms with Crippen molar-refractivity contribution in [1.29, 1.82) is 0 Å². The summed E-state index contributed by atoms with van der Waals surface area (Å²) in [6.07, 6.45) is 0. The SMILES string of the molecule is CC(C)[C@@H](NC(=O)c1ccc(F)cc1)c1cccs1. The van der Waals surface area contributed by atoms with Gasteiger partial charge in [-0.05, 0) is 41.6 Å². The first-order valence-corrected chi connectivity index (χ1v) is 7.05. The number of halogens is 1. The molecule has 2 aromatic rings. The third-order valence-corrected chi connectivity index (χ3v) is 3.86.